The summed E-state index contributed by atoms with van der Waals surface area (Å²) in [5.41, 5.74) is 6.30. The van der Waals surface area contributed by atoms with E-state index in [1.54, 1.807) is 12.1 Å². The molecule has 36 heavy (non-hydrogen) atoms. The predicted octanol–water partition coefficient (Wildman–Crippen LogP) is 4.91. The molecule has 0 radical (unpaired) electrons. The lowest BCUT2D eigenvalue weighted by atomic mass is 9.94. The molecule has 0 aliphatic carbocycles. The number of alkyl halides is 1. The summed E-state index contributed by atoms with van der Waals surface area (Å²) < 4.78 is 46.4. The lowest BCUT2D eigenvalue weighted by Gasteiger charge is -2.19. The lowest BCUT2D eigenvalue weighted by molar-refractivity contribution is -0.124. The molecule has 0 saturated heterocycles. The minimum Gasteiger partial charge on any atom is -0.337 e. The van der Waals surface area contributed by atoms with Crippen LogP contribution in [-0.4, -0.2) is 31.1 Å². The van der Waals surface area contributed by atoms with E-state index in [0.717, 1.165) is 12.8 Å². The molecule has 1 amide bonds. The van der Waals surface area contributed by atoms with E-state index in [1.807, 2.05) is 0 Å². The second-order valence-corrected chi connectivity index (χ2v) is 11.4. The molecule has 9 nitrogen and oxygen atoms in total. The summed E-state index contributed by atoms with van der Waals surface area (Å²) in [5.74, 6) is 0.720. The van der Waals surface area contributed by atoms with E-state index in [1.165, 1.54) is 50.2 Å². The monoisotopic (exact) mass is 517 g/mol. The fourth-order valence-corrected chi connectivity index (χ4v) is 4.18. The molecule has 4 N–H and O–H groups in total. The predicted molar refractivity (Wildman–Crippen MR) is 136 cm³/mol. The molecule has 0 spiro atoms. The molecule has 1 aromatic heterocycles. The van der Waals surface area contributed by atoms with Crippen LogP contribution < -0.4 is 15.8 Å². The summed E-state index contributed by atoms with van der Waals surface area (Å²) in [6.45, 7) is 6.42. The maximum Gasteiger partial charge on any atom is 0.261 e. The van der Waals surface area contributed by atoms with Gasteiger partial charge in [-0.2, -0.15) is 4.98 Å². The molecular formula is C25H32FN5O4S. The third-order valence-electron chi connectivity index (χ3n) is 5.58. The number of nitrogens with zero attached hydrogens (tertiary/aromatic N) is 2. The standard InChI is InChI=1S/C25H32FN5O4S/c1-16(2)5-14-21(27)23-29-22(30-35-23)17-6-12-20(13-7-17)36(33,34)31-19-10-8-18(9-11-19)28-24(32)25(3,4)15-26/h6-13,16,21,31H,5,14-15,27H2,1-4H3,(H,28,32)/t21-/m0/s1. The zero-order valence-electron chi connectivity index (χ0n) is 20.8. The molecular weight excluding hydrogens is 485 g/mol. The van der Waals surface area contributed by atoms with Gasteiger partial charge < -0.3 is 15.6 Å². The Kier molecular flexibility index (Phi) is 8.47. The van der Waals surface area contributed by atoms with Gasteiger partial charge in [0.1, 0.15) is 6.67 Å². The quantitative estimate of drug-likeness (QED) is 0.328. The number of amides is 1. The van der Waals surface area contributed by atoms with Crippen molar-refractivity contribution in [2.24, 2.45) is 17.1 Å². The Hall–Kier alpha value is -3.31. The van der Waals surface area contributed by atoms with E-state index in [4.69, 9.17) is 10.3 Å². The molecule has 1 atom stereocenters. The van der Waals surface area contributed by atoms with Crippen LogP contribution in [0, 0.1) is 11.3 Å². The van der Waals surface area contributed by atoms with Crippen LogP contribution in [0.25, 0.3) is 11.4 Å². The second-order valence-electron chi connectivity index (χ2n) is 9.71. The highest BCUT2D eigenvalue weighted by molar-refractivity contribution is 7.92. The topological polar surface area (TPSA) is 140 Å². The van der Waals surface area contributed by atoms with Crippen LogP contribution in [0.4, 0.5) is 15.8 Å². The van der Waals surface area contributed by atoms with Crippen LogP contribution in [0.1, 0.15) is 52.5 Å². The first kappa shape index (κ1) is 27.3. The van der Waals surface area contributed by atoms with Gasteiger partial charge in [-0.3, -0.25) is 9.52 Å². The van der Waals surface area contributed by atoms with Gasteiger partial charge in [0.15, 0.2) is 0 Å². The van der Waals surface area contributed by atoms with E-state index in [2.05, 4.69) is 34.0 Å². The minimum absolute atomic E-state index is 0.0469. The highest BCUT2D eigenvalue weighted by Crippen LogP contribution is 2.25. The van der Waals surface area contributed by atoms with Crippen molar-refractivity contribution in [2.75, 3.05) is 16.7 Å². The van der Waals surface area contributed by atoms with E-state index in [0.29, 0.717) is 34.6 Å². The molecule has 11 heteroatoms. The molecule has 3 rings (SSSR count). The Morgan fingerprint density at radius 3 is 2.25 bits per heavy atom. The van der Waals surface area contributed by atoms with Crippen LogP contribution in [0.3, 0.4) is 0 Å². The van der Waals surface area contributed by atoms with E-state index in [9.17, 15) is 17.6 Å². The zero-order chi connectivity index (χ0) is 26.5. The smallest absolute Gasteiger partial charge is 0.261 e. The van der Waals surface area contributed by atoms with Crippen molar-refractivity contribution in [2.45, 2.75) is 51.5 Å². The van der Waals surface area contributed by atoms with Gasteiger partial charge in [0.05, 0.1) is 16.4 Å². The molecule has 0 saturated carbocycles. The van der Waals surface area contributed by atoms with Gasteiger partial charge in [0.25, 0.3) is 10.0 Å². The van der Waals surface area contributed by atoms with Gasteiger partial charge in [-0.15, -0.1) is 0 Å². The van der Waals surface area contributed by atoms with Gasteiger partial charge in [-0.25, -0.2) is 12.8 Å². The summed E-state index contributed by atoms with van der Waals surface area (Å²) in [7, 11) is -3.87. The maximum absolute atomic E-state index is 13.0. The number of carbonyl (C=O) groups is 1. The van der Waals surface area contributed by atoms with Crippen LogP contribution in [0.5, 0.6) is 0 Å². The van der Waals surface area contributed by atoms with Crippen LogP contribution in [0.15, 0.2) is 57.9 Å². The summed E-state index contributed by atoms with van der Waals surface area (Å²) in [4.78, 5) is 16.5. The third-order valence-corrected chi connectivity index (χ3v) is 6.98. The summed E-state index contributed by atoms with van der Waals surface area (Å²) in [5, 5.41) is 6.57. The van der Waals surface area contributed by atoms with Crippen molar-refractivity contribution in [1.29, 1.82) is 0 Å². The Balaban J connectivity index is 1.65. The van der Waals surface area contributed by atoms with Gasteiger partial charge >= 0.3 is 0 Å². The average molecular weight is 518 g/mol. The van der Waals surface area contributed by atoms with Crippen LogP contribution in [-0.2, 0) is 14.8 Å². The van der Waals surface area contributed by atoms with Crippen molar-refractivity contribution < 1.29 is 22.1 Å². The molecule has 0 unspecified atom stereocenters. The number of aromatic nitrogens is 2. The highest BCUT2D eigenvalue weighted by atomic mass is 32.2. The first-order valence-electron chi connectivity index (χ1n) is 11.6. The molecule has 194 valence electrons. The van der Waals surface area contributed by atoms with Crippen molar-refractivity contribution >= 4 is 27.3 Å². The number of nitrogens with two attached hydrogens (primary N) is 1. The SMILES string of the molecule is CC(C)CC[C@H](N)c1nc(-c2ccc(S(=O)(=O)Nc3ccc(NC(=O)C(C)(C)CF)cc3)cc2)no1. The molecule has 0 aliphatic rings. The molecule has 2 aromatic carbocycles. The maximum atomic E-state index is 13.0. The Labute approximate surface area is 210 Å². The molecule has 1 heterocycles. The van der Waals surface area contributed by atoms with Crippen molar-refractivity contribution in [3.63, 3.8) is 0 Å². The summed E-state index contributed by atoms with van der Waals surface area (Å²) in [6.07, 6.45) is 1.66. The van der Waals surface area contributed by atoms with E-state index < -0.39 is 28.0 Å². The zero-order valence-corrected chi connectivity index (χ0v) is 21.6. The van der Waals surface area contributed by atoms with Crippen LogP contribution >= 0.6 is 0 Å². The highest BCUT2D eigenvalue weighted by Gasteiger charge is 2.27. The number of nitrogens with one attached hydrogen (secondary N) is 2. The van der Waals surface area contributed by atoms with Crippen molar-refractivity contribution in [1.82, 2.24) is 10.1 Å². The number of hydrogen-bond donors (Lipinski definition) is 3. The van der Waals surface area contributed by atoms with Crippen LogP contribution in [0.2, 0.25) is 0 Å². The first-order valence-corrected chi connectivity index (χ1v) is 13.1. The van der Waals surface area contributed by atoms with Gasteiger partial charge in [0, 0.05) is 16.9 Å². The number of rotatable bonds is 11. The van der Waals surface area contributed by atoms with Gasteiger partial charge in [-0.1, -0.05) is 19.0 Å². The lowest BCUT2D eigenvalue weighted by Crippen LogP contribution is -2.32. The molecule has 0 bridgehead atoms. The number of benzene rings is 2. The number of sulfonamides is 1. The fourth-order valence-electron chi connectivity index (χ4n) is 3.12. The third kappa shape index (κ3) is 6.88. The largest absolute Gasteiger partial charge is 0.337 e. The minimum atomic E-state index is -3.87. The molecule has 0 aliphatic heterocycles. The van der Waals surface area contributed by atoms with E-state index in [-0.39, 0.29) is 10.9 Å². The Morgan fingerprint density at radius 1 is 1.06 bits per heavy atom. The Morgan fingerprint density at radius 2 is 1.67 bits per heavy atom. The molecule has 3 aromatic rings. The van der Waals surface area contributed by atoms with Crippen molar-refractivity contribution in [3.05, 3.63) is 54.4 Å². The van der Waals surface area contributed by atoms with Gasteiger partial charge in [-0.05, 0) is 81.1 Å². The molecule has 0 fully saturated rings. The number of hydrogen-bond acceptors (Lipinski definition) is 7. The van der Waals surface area contributed by atoms with E-state index >= 15 is 0 Å². The normalized spacial score (nSPS) is 13.0. The van der Waals surface area contributed by atoms with Gasteiger partial charge in [0.2, 0.25) is 17.6 Å². The second kappa shape index (κ2) is 11.2. The number of carbonyl (C=O) groups excluding carboxylic acids is 1. The number of halogens is 1. The average Bonchev–Trinajstić information content (AvgIpc) is 3.34. The van der Waals surface area contributed by atoms with Crippen molar-refractivity contribution in [3.8, 4) is 11.4 Å². The fraction of sp³-hybridized carbons (Fsp3) is 0.400. The summed E-state index contributed by atoms with van der Waals surface area (Å²) in [6, 6.07) is 11.8. The summed E-state index contributed by atoms with van der Waals surface area (Å²) >= 11 is 0. The first-order chi connectivity index (χ1) is 16.9. The Bertz CT molecular complexity index is 1270. The number of anilines is 2.